The number of nitrogens with zero attached hydrogens (tertiary/aromatic N) is 1. The Hall–Kier alpha value is -0.990. The molecule has 1 heterocycles. The van der Waals surface area contributed by atoms with Gasteiger partial charge >= 0.3 is 0 Å². The second-order valence-electron chi connectivity index (χ2n) is 2.91. The average molecular weight is 227 g/mol. The van der Waals surface area contributed by atoms with Gasteiger partial charge in [0.1, 0.15) is 0 Å². The van der Waals surface area contributed by atoms with Gasteiger partial charge in [-0.2, -0.15) is 0 Å². The van der Waals surface area contributed by atoms with Crippen LogP contribution in [-0.4, -0.2) is 9.97 Å². The van der Waals surface area contributed by atoms with Gasteiger partial charge in [0.05, 0.1) is 18.2 Å². The maximum absolute atomic E-state index is 6.22. The zero-order chi connectivity index (χ0) is 10.0. The normalized spacial score (nSPS) is 11.6. The number of hydrogen-bond acceptors (Lipinski definition) is 1. The Labute approximate surface area is 91.9 Å². The molecular formula is C10H8Cl2N2. The molecule has 0 saturated heterocycles. The van der Waals surface area contributed by atoms with Crippen molar-refractivity contribution in [1.29, 1.82) is 0 Å². The molecule has 2 rings (SSSR count). The lowest BCUT2D eigenvalue weighted by Gasteiger charge is -2.17. The molecule has 0 aliphatic rings. The quantitative estimate of drug-likeness (QED) is 0.784. The molecule has 0 unspecified atom stereocenters. The topological polar surface area (TPSA) is 28.7 Å². The minimum absolute atomic E-state index is 0.673. The first kappa shape index (κ1) is 9.56. The van der Waals surface area contributed by atoms with Crippen LogP contribution in [0.4, 0.5) is 0 Å². The van der Waals surface area contributed by atoms with Gasteiger partial charge in [-0.1, -0.05) is 53.5 Å². The zero-order valence-electron chi connectivity index (χ0n) is 7.24. The number of H-pyrrole nitrogens is 1. The number of aromatic amines is 1. The summed E-state index contributed by atoms with van der Waals surface area (Å²) in [7, 11) is 0. The fourth-order valence-corrected chi connectivity index (χ4v) is 1.69. The van der Waals surface area contributed by atoms with Crippen molar-refractivity contribution in [3.8, 4) is 0 Å². The number of aromatic nitrogens is 2. The monoisotopic (exact) mass is 226 g/mol. The van der Waals surface area contributed by atoms with E-state index in [2.05, 4.69) is 9.97 Å². The fraction of sp³-hybridized carbons (Fsp3) is 0.100. The van der Waals surface area contributed by atoms with Gasteiger partial charge in [-0.15, -0.1) is 0 Å². The Morgan fingerprint density at radius 2 is 1.86 bits per heavy atom. The van der Waals surface area contributed by atoms with Gasteiger partial charge < -0.3 is 4.98 Å². The molecule has 0 bridgehead atoms. The highest BCUT2D eigenvalue weighted by Crippen LogP contribution is 2.39. The van der Waals surface area contributed by atoms with E-state index in [0.29, 0.717) is 5.69 Å². The van der Waals surface area contributed by atoms with E-state index in [1.54, 1.807) is 12.5 Å². The van der Waals surface area contributed by atoms with Gasteiger partial charge in [0.2, 0.25) is 0 Å². The van der Waals surface area contributed by atoms with E-state index in [0.717, 1.165) is 5.56 Å². The van der Waals surface area contributed by atoms with E-state index < -0.39 is 4.33 Å². The summed E-state index contributed by atoms with van der Waals surface area (Å²) in [4.78, 5) is 6.79. The van der Waals surface area contributed by atoms with Gasteiger partial charge in [-0.25, -0.2) is 4.98 Å². The molecule has 0 amide bonds. The van der Waals surface area contributed by atoms with Crippen LogP contribution in [0.2, 0.25) is 0 Å². The van der Waals surface area contributed by atoms with E-state index in [4.69, 9.17) is 23.2 Å². The van der Waals surface area contributed by atoms with E-state index in [9.17, 15) is 0 Å². The van der Waals surface area contributed by atoms with Crippen molar-refractivity contribution in [2.75, 3.05) is 0 Å². The molecule has 0 saturated carbocycles. The Morgan fingerprint density at radius 1 is 1.14 bits per heavy atom. The average Bonchev–Trinajstić information content (AvgIpc) is 2.72. The summed E-state index contributed by atoms with van der Waals surface area (Å²) >= 11 is 12.4. The minimum Gasteiger partial charge on any atom is -0.346 e. The first-order valence-corrected chi connectivity index (χ1v) is 4.89. The Bertz CT molecular complexity index is 395. The number of imidazole rings is 1. The Morgan fingerprint density at radius 3 is 2.43 bits per heavy atom. The predicted octanol–water partition coefficient (Wildman–Crippen LogP) is 3.09. The third-order valence-electron chi connectivity index (χ3n) is 1.97. The van der Waals surface area contributed by atoms with Crippen LogP contribution in [0.15, 0.2) is 42.9 Å². The standard InChI is InChI=1S/C10H8Cl2N2/c11-10(12,9-6-13-7-14-9)8-4-2-1-3-5-8/h1-7H,(H,13,14). The van der Waals surface area contributed by atoms with Crippen molar-refractivity contribution >= 4 is 23.2 Å². The van der Waals surface area contributed by atoms with Gasteiger partial charge in [-0.3, -0.25) is 0 Å². The summed E-state index contributed by atoms with van der Waals surface area (Å²) in [5, 5.41) is 0. The highest BCUT2D eigenvalue weighted by Gasteiger charge is 2.30. The lowest BCUT2D eigenvalue weighted by Crippen LogP contribution is -2.12. The van der Waals surface area contributed by atoms with E-state index in [-0.39, 0.29) is 0 Å². The molecule has 1 aromatic carbocycles. The molecule has 0 fully saturated rings. The summed E-state index contributed by atoms with van der Waals surface area (Å²) < 4.78 is -1.06. The number of halogens is 2. The second-order valence-corrected chi connectivity index (χ2v) is 4.23. The Balaban J connectivity index is 2.43. The summed E-state index contributed by atoms with van der Waals surface area (Å²) in [5.41, 5.74) is 1.50. The molecule has 4 heteroatoms. The van der Waals surface area contributed by atoms with Crippen molar-refractivity contribution < 1.29 is 0 Å². The van der Waals surface area contributed by atoms with Crippen LogP contribution >= 0.6 is 23.2 Å². The maximum Gasteiger partial charge on any atom is 0.184 e. The van der Waals surface area contributed by atoms with Gasteiger partial charge in [0.15, 0.2) is 4.33 Å². The van der Waals surface area contributed by atoms with E-state index in [1.807, 2.05) is 30.3 Å². The third-order valence-corrected chi connectivity index (χ3v) is 2.82. The van der Waals surface area contributed by atoms with Crippen LogP contribution in [0.25, 0.3) is 0 Å². The number of alkyl halides is 2. The molecule has 0 aliphatic heterocycles. The van der Waals surface area contributed by atoms with Crippen LogP contribution in [0.5, 0.6) is 0 Å². The number of rotatable bonds is 2. The zero-order valence-corrected chi connectivity index (χ0v) is 8.76. The SMILES string of the molecule is ClC(Cl)(c1ccccc1)c1cnc[nH]1. The highest BCUT2D eigenvalue weighted by molar-refractivity contribution is 6.49. The van der Waals surface area contributed by atoms with Crippen molar-refractivity contribution in [2.45, 2.75) is 4.33 Å². The summed E-state index contributed by atoms with van der Waals surface area (Å²) in [6, 6.07) is 9.46. The number of nitrogens with one attached hydrogen (secondary N) is 1. The molecule has 1 aromatic heterocycles. The molecule has 0 atom stereocenters. The first-order valence-electron chi connectivity index (χ1n) is 4.13. The van der Waals surface area contributed by atoms with E-state index in [1.165, 1.54) is 0 Å². The molecule has 0 aliphatic carbocycles. The van der Waals surface area contributed by atoms with Crippen LogP contribution in [0.1, 0.15) is 11.3 Å². The van der Waals surface area contributed by atoms with Gasteiger partial charge in [0.25, 0.3) is 0 Å². The van der Waals surface area contributed by atoms with Crippen LogP contribution in [0, 0.1) is 0 Å². The molecule has 0 spiro atoms. The fourth-order valence-electron chi connectivity index (χ4n) is 1.23. The Kier molecular flexibility index (Phi) is 2.48. The van der Waals surface area contributed by atoms with Crippen LogP contribution < -0.4 is 0 Å². The molecular weight excluding hydrogens is 219 g/mol. The predicted molar refractivity (Wildman–Crippen MR) is 57.5 cm³/mol. The largest absolute Gasteiger partial charge is 0.346 e. The molecule has 0 radical (unpaired) electrons. The third kappa shape index (κ3) is 1.63. The molecule has 14 heavy (non-hydrogen) atoms. The summed E-state index contributed by atoms with van der Waals surface area (Å²) in [5.74, 6) is 0. The van der Waals surface area contributed by atoms with E-state index >= 15 is 0 Å². The molecule has 2 nitrogen and oxygen atoms in total. The van der Waals surface area contributed by atoms with Crippen molar-refractivity contribution in [3.05, 3.63) is 54.1 Å². The maximum atomic E-state index is 6.22. The van der Waals surface area contributed by atoms with Gasteiger partial charge in [-0.05, 0) is 5.56 Å². The molecule has 2 aromatic rings. The number of benzene rings is 1. The molecule has 1 N–H and O–H groups in total. The lowest BCUT2D eigenvalue weighted by atomic mass is 10.1. The summed E-state index contributed by atoms with van der Waals surface area (Å²) in [6.45, 7) is 0. The molecule has 72 valence electrons. The van der Waals surface area contributed by atoms with Crippen molar-refractivity contribution in [2.24, 2.45) is 0 Å². The van der Waals surface area contributed by atoms with Crippen LogP contribution in [0.3, 0.4) is 0 Å². The van der Waals surface area contributed by atoms with Crippen molar-refractivity contribution in [1.82, 2.24) is 9.97 Å². The highest BCUT2D eigenvalue weighted by atomic mass is 35.5. The lowest BCUT2D eigenvalue weighted by molar-refractivity contribution is 0.980. The minimum atomic E-state index is -1.06. The first-order chi connectivity index (χ1) is 6.71. The number of hydrogen-bond donors (Lipinski definition) is 1. The van der Waals surface area contributed by atoms with Gasteiger partial charge in [0, 0.05) is 0 Å². The van der Waals surface area contributed by atoms with Crippen LogP contribution in [-0.2, 0) is 4.33 Å². The smallest absolute Gasteiger partial charge is 0.184 e. The van der Waals surface area contributed by atoms with Crippen molar-refractivity contribution in [3.63, 3.8) is 0 Å². The summed E-state index contributed by atoms with van der Waals surface area (Å²) in [6.07, 6.45) is 3.17. The second kappa shape index (κ2) is 3.64.